The van der Waals surface area contributed by atoms with Gasteiger partial charge in [0.05, 0.1) is 18.9 Å². The van der Waals surface area contributed by atoms with Gasteiger partial charge in [0.25, 0.3) is 0 Å². The predicted molar refractivity (Wildman–Crippen MR) is 80.9 cm³/mol. The van der Waals surface area contributed by atoms with Crippen LogP contribution in [0, 0.1) is 0 Å². The molecule has 0 bridgehead atoms. The molecule has 1 rings (SSSR count). The highest BCUT2D eigenvalue weighted by molar-refractivity contribution is 7.89. The maximum Gasteiger partial charge on any atom is 0.246 e. The van der Waals surface area contributed by atoms with Crippen molar-refractivity contribution in [1.82, 2.24) is 9.29 Å². The zero-order chi connectivity index (χ0) is 15.7. The summed E-state index contributed by atoms with van der Waals surface area (Å²) in [5, 5.41) is 3.04. The standard InChI is InChI=1S/C13H23N3O4S/c1-4-15-12-5-6-14-11-13(12)21(17,18)16(7-9-19-2)8-10-20-3/h5-6,11H,4,7-10H2,1-3H3,(H,14,15). The van der Waals surface area contributed by atoms with Crippen molar-refractivity contribution >= 4 is 15.7 Å². The molecule has 0 unspecified atom stereocenters. The number of rotatable bonds is 10. The molecule has 1 heterocycles. The average molecular weight is 317 g/mol. The molecule has 21 heavy (non-hydrogen) atoms. The van der Waals surface area contributed by atoms with Crippen molar-refractivity contribution in [3.05, 3.63) is 18.5 Å². The summed E-state index contributed by atoms with van der Waals surface area (Å²) in [6.45, 7) is 3.71. The van der Waals surface area contributed by atoms with E-state index >= 15 is 0 Å². The van der Waals surface area contributed by atoms with Crippen LogP contribution in [0.1, 0.15) is 6.92 Å². The van der Waals surface area contributed by atoms with Crippen molar-refractivity contribution in [3.63, 3.8) is 0 Å². The van der Waals surface area contributed by atoms with Gasteiger partial charge in [-0.25, -0.2) is 8.42 Å². The number of pyridine rings is 1. The summed E-state index contributed by atoms with van der Waals surface area (Å²) >= 11 is 0. The maximum absolute atomic E-state index is 12.8. The quantitative estimate of drug-likeness (QED) is 0.687. The van der Waals surface area contributed by atoms with Gasteiger partial charge in [0.15, 0.2) is 0 Å². The Morgan fingerprint density at radius 2 is 1.86 bits per heavy atom. The first-order valence-electron chi connectivity index (χ1n) is 6.73. The fourth-order valence-electron chi connectivity index (χ4n) is 1.80. The Kier molecular flexibility index (Phi) is 7.58. The van der Waals surface area contributed by atoms with Gasteiger partial charge < -0.3 is 14.8 Å². The van der Waals surface area contributed by atoms with E-state index in [0.29, 0.717) is 25.4 Å². The van der Waals surface area contributed by atoms with Crippen LogP contribution in [0.5, 0.6) is 0 Å². The zero-order valence-electron chi connectivity index (χ0n) is 12.7. The minimum atomic E-state index is -3.65. The highest BCUT2D eigenvalue weighted by atomic mass is 32.2. The molecule has 7 nitrogen and oxygen atoms in total. The van der Waals surface area contributed by atoms with E-state index in [-0.39, 0.29) is 18.0 Å². The predicted octanol–water partition coefficient (Wildman–Crippen LogP) is 0.797. The molecule has 1 aromatic rings. The number of methoxy groups -OCH3 is 2. The van der Waals surface area contributed by atoms with Gasteiger partial charge >= 0.3 is 0 Å². The van der Waals surface area contributed by atoms with E-state index in [1.54, 1.807) is 12.3 Å². The van der Waals surface area contributed by atoms with Crippen molar-refractivity contribution in [2.24, 2.45) is 0 Å². The van der Waals surface area contributed by atoms with Gasteiger partial charge in [0.1, 0.15) is 4.90 Å². The summed E-state index contributed by atoms with van der Waals surface area (Å²) in [7, 11) is -0.576. The molecule has 1 N–H and O–H groups in total. The SMILES string of the molecule is CCNc1ccncc1S(=O)(=O)N(CCOC)CCOC. The Morgan fingerprint density at radius 1 is 1.24 bits per heavy atom. The Morgan fingerprint density at radius 3 is 2.38 bits per heavy atom. The van der Waals surface area contributed by atoms with Crippen LogP contribution in [0.3, 0.4) is 0 Å². The molecule has 0 aromatic carbocycles. The first-order chi connectivity index (χ1) is 10.1. The lowest BCUT2D eigenvalue weighted by molar-refractivity contribution is 0.150. The number of nitrogens with zero attached hydrogens (tertiary/aromatic N) is 2. The lowest BCUT2D eigenvalue weighted by Crippen LogP contribution is -2.36. The van der Waals surface area contributed by atoms with E-state index < -0.39 is 10.0 Å². The van der Waals surface area contributed by atoms with E-state index in [4.69, 9.17) is 9.47 Å². The minimum absolute atomic E-state index is 0.166. The van der Waals surface area contributed by atoms with E-state index in [2.05, 4.69) is 10.3 Å². The highest BCUT2D eigenvalue weighted by Gasteiger charge is 2.26. The molecule has 0 spiro atoms. The fourth-order valence-corrected chi connectivity index (χ4v) is 3.32. The van der Waals surface area contributed by atoms with Crippen LogP contribution in [0.2, 0.25) is 0 Å². The number of nitrogens with one attached hydrogen (secondary N) is 1. The summed E-state index contributed by atoms with van der Waals surface area (Å²) < 4.78 is 36.9. The van der Waals surface area contributed by atoms with Gasteiger partial charge in [-0.3, -0.25) is 4.98 Å². The first kappa shape index (κ1) is 17.8. The molecule has 0 aliphatic carbocycles. The molecular formula is C13H23N3O4S. The second-order valence-electron chi connectivity index (χ2n) is 4.29. The Balaban J connectivity index is 3.09. The average Bonchev–Trinajstić information content (AvgIpc) is 2.48. The molecule has 0 radical (unpaired) electrons. The number of hydrogen-bond donors (Lipinski definition) is 1. The molecule has 0 saturated carbocycles. The monoisotopic (exact) mass is 317 g/mol. The molecule has 0 aliphatic rings. The fraction of sp³-hybridized carbons (Fsp3) is 0.615. The first-order valence-corrected chi connectivity index (χ1v) is 8.17. The summed E-state index contributed by atoms with van der Waals surface area (Å²) in [4.78, 5) is 4.09. The third-order valence-electron chi connectivity index (χ3n) is 2.86. The van der Waals surface area contributed by atoms with E-state index in [0.717, 1.165) is 0 Å². The van der Waals surface area contributed by atoms with Crippen LogP contribution in [0.15, 0.2) is 23.4 Å². The Bertz CT molecular complexity index is 514. The van der Waals surface area contributed by atoms with Crippen molar-refractivity contribution in [1.29, 1.82) is 0 Å². The van der Waals surface area contributed by atoms with Gasteiger partial charge in [-0.05, 0) is 13.0 Å². The maximum atomic E-state index is 12.8. The van der Waals surface area contributed by atoms with Crippen molar-refractivity contribution in [2.45, 2.75) is 11.8 Å². The van der Waals surface area contributed by atoms with Gasteiger partial charge in [0, 0.05) is 46.2 Å². The molecule has 1 aromatic heterocycles. The molecule has 0 amide bonds. The second-order valence-corrected chi connectivity index (χ2v) is 6.20. The Labute approximate surface area is 126 Å². The van der Waals surface area contributed by atoms with Crippen molar-refractivity contribution in [3.8, 4) is 0 Å². The van der Waals surface area contributed by atoms with E-state index in [1.165, 1.54) is 24.7 Å². The third kappa shape index (κ3) is 4.92. The lowest BCUT2D eigenvalue weighted by atomic mass is 10.4. The third-order valence-corrected chi connectivity index (χ3v) is 4.79. The lowest BCUT2D eigenvalue weighted by Gasteiger charge is -2.22. The molecule has 120 valence electrons. The largest absolute Gasteiger partial charge is 0.384 e. The summed E-state index contributed by atoms with van der Waals surface area (Å²) in [5.74, 6) is 0. The number of aromatic nitrogens is 1. The molecule has 0 saturated heterocycles. The van der Waals surface area contributed by atoms with Crippen LogP contribution < -0.4 is 5.32 Å². The molecule has 0 aliphatic heterocycles. The van der Waals surface area contributed by atoms with Gasteiger partial charge in [-0.15, -0.1) is 0 Å². The van der Waals surface area contributed by atoms with Crippen LogP contribution in [0.4, 0.5) is 5.69 Å². The molecular weight excluding hydrogens is 294 g/mol. The van der Waals surface area contributed by atoms with Gasteiger partial charge in [-0.2, -0.15) is 4.31 Å². The molecule has 0 atom stereocenters. The number of sulfonamides is 1. The topological polar surface area (TPSA) is 80.8 Å². The van der Waals surface area contributed by atoms with E-state index in [9.17, 15) is 8.42 Å². The second kappa shape index (κ2) is 8.93. The van der Waals surface area contributed by atoms with E-state index in [1.807, 2.05) is 6.92 Å². The van der Waals surface area contributed by atoms with Crippen LogP contribution in [-0.4, -0.2) is 64.8 Å². The van der Waals surface area contributed by atoms with Gasteiger partial charge in [0.2, 0.25) is 10.0 Å². The normalized spacial score (nSPS) is 11.8. The summed E-state index contributed by atoms with van der Waals surface area (Å²) in [6.07, 6.45) is 2.92. The van der Waals surface area contributed by atoms with Crippen LogP contribution in [-0.2, 0) is 19.5 Å². The van der Waals surface area contributed by atoms with Crippen molar-refractivity contribution in [2.75, 3.05) is 52.4 Å². The number of hydrogen-bond acceptors (Lipinski definition) is 6. The molecule has 8 heteroatoms. The smallest absolute Gasteiger partial charge is 0.246 e. The summed E-state index contributed by atoms with van der Waals surface area (Å²) in [6, 6.07) is 1.65. The highest BCUT2D eigenvalue weighted by Crippen LogP contribution is 2.23. The van der Waals surface area contributed by atoms with Crippen LogP contribution in [0.25, 0.3) is 0 Å². The number of anilines is 1. The Hall–Kier alpha value is -1.22. The van der Waals surface area contributed by atoms with Crippen molar-refractivity contribution < 1.29 is 17.9 Å². The molecule has 0 fully saturated rings. The van der Waals surface area contributed by atoms with Gasteiger partial charge in [-0.1, -0.05) is 0 Å². The number of ether oxygens (including phenoxy) is 2. The summed E-state index contributed by atoms with van der Waals surface area (Å²) in [5.41, 5.74) is 0.548. The minimum Gasteiger partial charge on any atom is -0.384 e. The zero-order valence-corrected chi connectivity index (χ0v) is 13.5. The van der Waals surface area contributed by atoms with Crippen LogP contribution >= 0.6 is 0 Å².